The van der Waals surface area contributed by atoms with E-state index in [2.05, 4.69) is 26.1 Å². The highest BCUT2D eigenvalue weighted by atomic mass is 14.9. The van der Waals surface area contributed by atoms with E-state index in [0.29, 0.717) is 12.0 Å². The summed E-state index contributed by atoms with van der Waals surface area (Å²) < 4.78 is 0. The van der Waals surface area contributed by atoms with E-state index in [4.69, 9.17) is 5.41 Å². The van der Waals surface area contributed by atoms with Crippen molar-refractivity contribution in [2.24, 2.45) is 5.92 Å². The lowest BCUT2D eigenvalue weighted by Gasteiger charge is -2.12. The number of hydrogen-bond acceptors (Lipinski definition) is 2. The molecule has 0 aromatic heterocycles. The van der Waals surface area contributed by atoms with Gasteiger partial charge in [-0.1, -0.05) is 20.8 Å². The van der Waals surface area contributed by atoms with Crippen LogP contribution in [-0.4, -0.2) is 18.8 Å². The van der Waals surface area contributed by atoms with E-state index in [-0.39, 0.29) is 0 Å². The van der Waals surface area contributed by atoms with Crippen molar-refractivity contribution in [3.63, 3.8) is 0 Å². The molecule has 1 unspecified atom stereocenters. The maximum absolute atomic E-state index is 6.87. The summed E-state index contributed by atoms with van der Waals surface area (Å²) in [5.41, 5.74) is 0. The zero-order chi connectivity index (χ0) is 7.98. The minimum absolute atomic E-state index is 0.563. The summed E-state index contributed by atoms with van der Waals surface area (Å²) in [6, 6.07) is 0.563. The summed E-state index contributed by atoms with van der Waals surface area (Å²) in [5, 5.41) is 10.2. The molecule has 0 spiro atoms. The van der Waals surface area contributed by atoms with Crippen molar-refractivity contribution in [1.29, 1.82) is 5.41 Å². The van der Waals surface area contributed by atoms with Gasteiger partial charge < -0.3 is 10.7 Å². The Hall–Kier alpha value is -0.370. The minimum atomic E-state index is 0.563. The molecule has 0 heterocycles. The normalized spacial score (nSPS) is 13.6. The molecule has 0 rings (SSSR count). The predicted molar refractivity (Wildman–Crippen MR) is 45.7 cm³/mol. The van der Waals surface area contributed by atoms with Gasteiger partial charge in [-0.15, -0.1) is 0 Å². The van der Waals surface area contributed by atoms with Crippen LogP contribution in [0, 0.1) is 11.3 Å². The topological polar surface area (TPSA) is 35.9 Å². The fraction of sp³-hybridized carbons (Fsp3) is 0.875. The first kappa shape index (κ1) is 9.63. The summed E-state index contributed by atoms with van der Waals surface area (Å²) in [5.74, 6) is 0.597. The van der Waals surface area contributed by atoms with Gasteiger partial charge in [0.2, 0.25) is 0 Å². The van der Waals surface area contributed by atoms with Crippen molar-refractivity contribution in [2.75, 3.05) is 6.54 Å². The van der Waals surface area contributed by atoms with Gasteiger partial charge in [-0.05, 0) is 25.1 Å². The molecule has 0 amide bonds. The molecule has 0 saturated carbocycles. The Morgan fingerprint density at radius 3 is 2.40 bits per heavy atom. The van der Waals surface area contributed by atoms with Gasteiger partial charge in [0.05, 0.1) is 0 Å². The number of hydrogen-bond donors (Lipinski definition) is 2. The lowest BCUT2D eigenvalue weighted by molar-refractivity contribution is 0.490. The second-order valence-electron chi connectivity index (χ2n) is 3.11. The molecular formula is C8H18N2. The van der Waals surface area contributed by atoms with Crippen LogP contribution < -0.4 is 5.32 Å². The van der Waals surface area contributed by atoms with Gasteiger partial charge in [0.25, 0.3) is 0 Å². The molecule has 0 fully saturated rings. The lowest BCUT2D eigenvalue weighted by Crippen LogP contribution is -2.27. The van der Waals surface area contributed by atoms with E-state index >= 15 is 0 Å². The summed E-state index contributed by atoms with van der Waals surface area (Å²) in [7, 11) is 0. The monoisotopic (exact) mass is 142 g/mol. The molecule has 2 nitrogen and oxygen atoms in total. The van der Waals surface area contributed by atoms with Crippen molar-refractivity contribution < 1.29 is 0 Å². The third-order valence-electron chi connectivity index (χ3n) is 1.39. The second-order valence-corrected chi connectivity index (χ2v) is 3.11. The van der Waals surface area contributed by atoms with Crippen LogP contribution in [0.5, 0.6) is 0 Å². The summed E-state index contributed by atoms with van der Waals surface area (Å²) in [6.45, 7) is 7.45. The average Bonchev–Trinajstić information content (AvgIpc) is 1.85. The van der Waals surface area contributed by atoms with Crippen molar-refractivity contribution >= 4 is 6.21 Å². The molecular weight excluding hydrogens is 124 g/mol. The molecule has 0 aliphatic rings. The van der Waals surface area contributed by atoms with Crippen molar-refractivity contribution in [3.05, 3.63) is 0 Å². The van der Waals surface area contributed by atoms with Gasteiger partial charge in [-0.2, -0.15) is 0 Å². The molecule has 2 heteroatoms. The molecule has 0 bridgehead atoms. The lowest BCUT2D eigenvalue weighted by atomic mass is 10.1. The standard InChI is InChI=1S/C8H18N2/c1-7(2)10-6-8(3)4-5-9/h5,7-10H,4,6H2,1-3H3. The Kier molecular flexibility index (Phi) is 5.22. The van der Waals surface area contributed by atoms with Crippen LogP contribution >= 0.6 is 0 Å². The van der Waals surface area contributed by atoms with E-state index in [0.717, 1.165) is 13.0 Å². The summed E-state index contributed by atoms with van der Waals surface area (Å²) in [4.78, 5) is 0. The van der Waals surface area contributed by atoms with Crippen molar-refractivity contribution in [1.82, 2.24) is 5.32 Å². The van der Waals surface area contributed by atoms with Crippen LogP contribution in [0.15, 0.2) is 0 Å². The van der Waals surface area contributed by atoms with Crippen molar-refractivity contribution in [2.45, 2.75) is 33.2 Å². The zero-order valence-electron chi connectivity index (χ0n) is 7.15. The first-order valence-electron chi connectivity index (χ1n) is 3.89. The number of rotatable bonds is 5. The Balaban J connectivity index is 3.20. The molecule has 0 aliphatic carbocycles. The van der Waals surface area contributed by atoms with E-state index < -0.39 is 0 Å². The highest BCUT2D eigenvalue weighted by Gasteiger charge is 1.99. The Bertz CT molecular complexity index is 89.3. The van der Waals surface area contributed by atoms with E-state index in [1.165, 1.54) is 6.21 Å². The van der Waals surface area contributed by atoms with Gasteiger partial charge in [-0.3, -0.25) is 0 Å². The molecule has 0 aromatic carbocycles. The Labute approximate surface area is 63.5 Å². The van der Waals surface area contributed by atoms with Gasteiger partial charge in [0, 0.05) is 6.04 Å². The summed E-state index contributed by atoms with van der Waals surface area (Å²) >= 11 is 0. The number of nitrogens with one attached hydrogen (secondary N) is 2. The summed E-state index contributed by atoms with van der Waals surface area (Å²) in [6.07, 6.45) is 2.37. The largest absolute Gasteiger partial charge is 0.314 e. The maximum atomic E-state index is 6.87. The average molecular weight is 142 g/mol. The fourth-order valence-electron chi connectivity index (χ4n) is 0.721. The van der Waals surface area contributed by atoms with Crippen LogP contribution in [0.2, 0.25) is 0 Å². The third-order valence-corrected chi connectivity index (χ3v) is 1.39. The van der Waals surface area contributed by atoms with Gasteiger partial charge in [-0.25, -0.2) is 0 Å². The van der Waals surface area contributed by atoms with Crippen molar-refractivity contribution in [3.8, 4) is 0 Å². The minimum Gasteiger partial charge on any atom is -0.314 e. The van der Waals surface area contributed by atoms with Crippen LogP contribution in [0.1, 0.15) is 27.2 Å². The molecule has 2 N–H and O–H groups in total. The quantitative estimate of drug-likeness (QED) is 0.563. The highest BCUT2D eigenvalue weighted by Crippen LogP contribution is 1.96. The van der Waals surface area contributed by atoms with Gasteiger partial charge in [0.1, 0.15) is 0 Å². The van der Waals surface area contributed by atoms with Crippen LogP contribution in [0.4, 0.5) is 0 Å². The van der Waals surface area contributed by atoms with Crippen LogP contribution in [-0.2, 0) is 0 Å². The molecule has 0 aromatic rings. The van der Waals surface area contributed by atoms with E-state index in [1.807, 2.05) is 0 Å². The smallest absolute Gasteiger partial charge is 0.00104 e. The SMILES string of the molecule is CC(CC=N)CNC(C)C. The first-order valence-corrected chi connectivity index (χ1v) is 3.89. The molecule has 0 radical (unpaired) electrons. The molecule has 1 atom stereocenters. The molecule has 10 heavy (non-hydrogen) atoms. The van der Waals surface area contributed by atoms with E-state index in [9.17, 15) is 0 Å². The maximum Gasteiger partial charge on any atom is 0.00104 e. The third kappa shape index (κ3) is 5.76. The van der Waals surface area contributed by atoms with Gasteiger partial charge in [0.15, 0.2) is 0 Å². The van der Waals surface area contributed by atoms with Crippen LogP contribution in [0.25, 0.3) is 0 Å². The molecule has 0 aliphatic heterocycles. The zero-order valence-corrected chi connectivity index (χ0v) is 7.15. The second kappa shape index (κ2) is 5.42. The van der Waals surface area contributed by atoms with E-state index in [1.54, 1.807) is 0 Å². The van der Waals surface area contributed by atoms with Gasteiger partial charge >= 0.3 is 0 Å². The Morgan fingerprint density at radius 1 is 1.40 bits per heavy atom. The van der Waals surface area contributed by atoms with Crippen LogP contribution in [0.3, 0.4) is 0 Å². The molecule has 0 saturated heterocycles. The molecule has 60 valence electrons. The highest BCUT2D eigenvalue weighted by molar-refractivity contribution is 5.53. The fourth-order valence-corrected chi connectivity index (χ4v) is 0.721. The predicted octanol–water partition coefficient (Wildman–Crippen LogP) is 1.66. The first-order chi connectivity index (χ1) is 4.66. The Morgan fingerprint density at radius 2 is 2.00 bits per heavy atom.